The molecule has 1 fully saturated rings. The molecule has 2 aromatic carbocycles. The number of nitrogens with one attached hydrogen (secondary N) is 1. The Morgan fingerprint density at radius 3 is 2.58 bits per heavy atom. The van der Waals surface area contributed by atoms with Gasteiger partial charge in [-0.1, -0.05) is 11.6 Å². The topological polar surface area (TPSA) is 50.7 Å². The first-order valence-corrected chi connectivity index (χ1v) is 10.6. The number of hydrogen-bond donors (Lipinski definition) is 1. The lowest BCUT2D eigenvalue weighted by atomic mass is 10.2. The molecule has 1 N–H and O–H groups in total. The van der Waals surface area contributed by atoms with Crippen molar-refractivity contribution in [2.75, 3.05) is 11.5 Å². The Bertz CT molecular complexity index is 762. The predicted molar refractivity (Wildman–Crippen MR) is 111 cm³/mol. The maximum atomic E-state index is 12.1. The van der Waals surface area contributed by atoms with E-state index in [1.54, 1.807) is 6.21 Å². The number of benzene rings is 2. The third kappa shape index (κ3) is 5.69. The van der Waals surface area contributed by atoms with E-state index in [1.807, 2.05) is 67.2 Å². The second-order valence-corrected chi connectivity index (χ2v) is 8.72. The second kappa shape index (κ2) is 9.35. The summed E-state index contributed by atoms with van der Waals surface area (Å²) in [5.41, 5.74) is 3.48. The van der Waals surface area contributed by atoms with E-state index in [2.05, 4.69) is 10.5 Å². The highest BCUT2D eigenvalue weighted by molar-refractivity contribution is 8.00. The lowest BCUT2D eigenvalue weighted by Gasteiger charge is -2.25. The standard InChI is InChI=1S/C19H19ClN2O2S2/c1-13(26-18-8-4-15(20)5-9-18)19(23)22-21-10-14-2-6-16(7-3-14)24-17-11-25-12-17/h2-10,13,17H,11-12H2,1H3,(H,22,23)/b21-10-/t13-/m1/s1. The molecule has 0 bridgehead atoms. The van der Waals surface area contributed by atoms with Crippen LogP contribution in [-0.4, -0.2) is 35.0 Å². The van der Waals surface area contributed by atoms with Gasteiger partial charge in [-0.2, -0.15) is 16.9 Å². The van der Waals surface area contributed by atoms with Crippen LogP contribution in [0, 0.1) is 0 Å². The lowest BCUT2D eigenvalue weighted by molar-refractivity contribution is -0.120. The first-order valence-electron chi connectivity index (χ1n) is 8.20. The number of hydrazone groups is 1. The number of hydrogen-bond acceptors (Lipinski definition) is 5. The van der Waals surface area contributed by atoms with Gasteiger partial charge in [0.2, 0.25) is 0 Å². The van der Waals surface area contributed by atoms with Crippen molar-refractivity contribution in [1.82, 2.24) is 5.43 Å². The fourth-order valence-corrected chi connectivity index (χ4v) is 3.69. The first-order chi connectivity index (χ1) is 12.6. The molecule has 1 atom stereocenters. The Balaban J connectivity index is 1.45. The van der Waals surface area contributed by atoms with Crippen LogP contribution < -0.4 is 10.2 Å². The fourth-order valence-electron chi connectivity index (χ4n) is 2.14. The third-order valence-electron chi connectivity index (χ3n) is 3.67. The number of carbonyl (C=O) groups is 1. The van der Waals surface area contributed by atoms with Gasteiger partial charge in [-0.25, -0.2) is 5.43 Å². The van der Waals surface area contributed by atoms with Crippen LogP contribution in [-0.2, 0) is 4.79 Å². The number of halogens is 1. The predicted octanol–water partition coefficient (Wildman–Crippen LogP) is 4.47. The van der Waals surface area contributed by atoms with Crippen molar-refractivity contribution in [3.8, 4) is 5.75 Å². The average Bonchev–Trinajstić information content (AvgIpc) is 2.61. The number of ether oxygens (including phenoxy) is 1. The summed E-state index contributed by atoms with van der Waals surface area (Å²) in [6.07, 6.45) is 1.96. The first kappa shape index (κ1) is 19.1. The van der Waals surface area contributed by atoms with E-state index in [9.17, 15) is 4.79 Å². The van der Waals surface area contributed by atoms with Crippen LogP contribution in [0.1, 0.15) is 12.5 Å². The van der Waals surface area contributed by atoms with Crippen LogP contribution in [0.15, 0.2) is 58.5 Å². The summed E-state index contributed by atoms with van der Waals surface area (Å²) in [5.74, 6) is 2.83. The monoisotopic (exact) mass is 406 g/mol. The van der Waals surface area contributed by atoms with E-state index in [-0.39, 0.29) is 11.2 Å². The number of thioether (sulfide) groups is 2. The Labute approximate surface area is 166 Å². The Morgan fingerprint density at radius 1 is 1.27 bits per heavy atom. The maximum absolute atomic E-state index is 12.1. The zero-order chi connectivity index (χ0) is 18.4. The van der Waals surface area contributed by atoms with Crippen molar-refractivity contribution in [3.05, 3.63) is 59.1 Å². The molecular formula is C19H19ClN2O2S2. The summed E-state index contributed by atoms with van der Waals surface area (Å²) in [5, 5.41) is 4.45. The summed E-state index contributed by atoms with van der Waals surface area (Å²) in [6, 6.07) is 15.1. The van der Waals surface area contributed by atoms with Crippen LogP contribution >= 0.6 is 35.1 Å². The highest BCUT2D eigenvalue weighted by Crippen LogP contribution is 2.25. The molecule has 0 aromatic heterocycles. The van der Waals surface area contributed by atoms with Gasteiger partial charge < -0.3 is 4.74 Å². The van der Waals surface area contributed by atoms with Gasteiger partial charge in [0.1, 0.15) is 11.9 Å². The van der Waals surface area contributed by atoms with Crippen molar-refractivity contribution in [2.24, 2.45) is 5.10 Å². The van der Waals surface area contributed by atoms with Crippen molar-refractivity contribution < 1.29 is 9.53 Å². The zero-order valence-corrected chi connectivity index (χ0v) is 16.6. The molecule has 0 aliphatic carbocycles. The fraction of sp³-hybridized carbons (Fsp3) is 0.263. The largest absolute Gasteiger partial charge is 0.489 e. The summed E-state index contributed by atoms with van der Waals surface area (Å²) in [7, 11) is 0. The average molecular weight is 407 g/mol. The van der Waals surface area contributed by atoms with Crippen LogP contribution in [0.25, 0.3) is 0 Å². The molecule has 26 heavy (non-hydrogen) atoms. The molecule has 3 rings (SSSR count). The Kier molecular flexibility index (Phi) is 6.88. The minimum Gasteiger partial charge on any atom is -0.489 e. The molecule has 1 aliphatic heterocycles. The van der Waals surface area contributed by atoms with Crippen molar-refractivity contribution >= 4 is 47.2 Å². The van der Waals surface area contributed by atoms with Gasteiger partial charge >= 0.3 is 0 Å². The minimum absolute atomic E-state index is 0.149. The van der Waals surface area contributed by atoms with Gasteiger partial charge in [0, 0.05) is 21.4 Å². The molecule has 7 heteroatoms. The van der Waals surface area contributed by atoms with Crippen molar-refractivity contribution in [2.45, 2.75) is 23.2 Å². The molecule has 0 spiro atoms. The normalized spacial score (nSPS) is 15.5. The molecule has 0 saturated carbocycles. The molecule has 1 heterocycles. The van der Waals surface area contributed by atoms with E-state index >= 15 is 0 Å². The van der Waals surface area contributed by atoms with E-state index in [4.69, 9.17) is 16.3 Å². The summed E-state index contributed by atoms with van der Waals surface area (Å²) < 4.78 is 5.80. The van der Waals surface area contributed by atoms with Crippen LogP contribution in [0.3, 0.4) is 0 Å². The number of nitrogens with zero attached hydrogens (tertiary/aromatic N) is 1. The molecule has 136 valence electrons. The molecule has 1 saturated heterocycles. The quantitative estimate of drug-likeness (QED) is 0.419. The minimum atomic E-state index is -0.260. The van der Waals surface area contributed by atoms with E-state index in [0.717, 1.165) is 27.7 Å². The SMILES string of the molecule is C[C@@H](Sc1ccc(Cl)cc1)C(=O)N/N=C\c1ccc(OC2CSC2)cc1. The van der Waals surface area contributed by atoms with Crippen LogP contribution in [0.2, 0.25) is 5.02 Å². The molecule has 0 radical (unpaired) electrons. The van der Waals surface area contributed by atoms with Crippen molar-refractivity contribution in [1.29, 1.82) is 0 Å². The maximum Gasteiger partial charge on any atom is 0.253 e. The van der Waals surface area contributed by atoms with E-state index < -0.39 is 0 Å². The van der Waals surface area contributed by atoms with Gasteiger partial charge in [0.25, 0.3) is 5.91 Å². The van der Waals surface area contributed by atoms with E-state index in [0.29, 0.717) is 11.1 Å². The smallest absolute Gasteiger partial charge is 0.253 e. The highest BCUT2D eigenvalue weighted by Gasteiger charge is 2.19. The van der Waals surface area contributed by atoms with E-state index in [1.165, 1.54) is 11.8 Å². The summed E-state index contributed by atoms with van der Waals surface area (Å²) in [6.45, 7) is 1.84. The summed E-state index contributed by atoms with van der Waals surface area (Å²) >= 11 is 9.22. The molecule has 0 unspecified atom stereocenters. The molecule has 4 nitrogen and oxygen atoms in total. The molecular weight excluding hydrogens is 388 g/mol. The number of rotatable bonds is 7. The van der Waals surface area contributed by atoms with Gasteiger partial charge in [-0.3, -0.25) is 4.79 Å². The van der Waals surface area contributed by atoms with Gasteiger partial charge in [-0.05, 0) is 61.0 Å². The third-order valence-corrected chi connectivity index (χ3v) is 6.25. The molecule has 2 aromatic rings. The second-order valence-electron chi connectivity index (χ2n) is 5.79. The number of amides is 1. The number of carbonyl (C=O) groups excluding carboxylic acids is 1. The Morgan fingerprint density at radius 2 is 1.96 bits per heavy atom. The van der Waals surface area contributed by atoms with Crippen LogP contribution in [0.5, 0.6) is 5.75 Å². The van der Waals surface area contributed by atoms with Gasteiger partial charge in [0.05, 0.1) is 11.5 Å². The van der Waals surface area contributed by atoms with Crippen molar-refractivity contribution in [3.63, 3.8) is 0 Å². The summed E-state index contributed by atoms with van der Waals surface area (Å²) in [4.78, 5) is 13.1. The van der Waals surface area contributed by atoms with Gasteiger partial charge in [0.15, 0.2) is 0 Å². The molecule has 1 amide bonds. The zero-order valence-electron chi connectivity index (χ0n) is 14.2. The lowest BCUT2D eigenvalue weighted by Crippen LogP contribution is -2.30. The van der Waals surface area contributed by atoms with Crippen LogP contribution in [0.4, 0.5) is 0 Å². The Hall–Kier alpha value is -1.63. The highest BCUT2D eigenvalue weighted by atomic mass is 35.5. The van der Waals surface area contributed by atoms with Gasteiger partial charge in [-0.15, -0.1) is 11.8 Å². The molecule has 1 aliphatic rings.